The quantitative estimate of drug-likeness (QED) is 0.784. The first kappa shape index (κ1) is 11.1. The maximum absolute atomic E-state index is 5.84. The third kappa shape index (κ3) is 3.40. The molecular formula is C10H17N3O. The highest BCUT2D eigenvalue weighted by Gasteiger charge is 2.09. The Hall–Kier alpha value is -1.00. The predicted octanol–water partition coefficient (Wildman–Crippen LogP) is 1.21. The molecule has 0 spiro atoms. The summed E-state index contributed by atoms with van der Waals surface area (Å²) in [6.07, 6.45) is 3.71. The predicted molar refractivity (Wildman–Crippen MR) is 54.8 cm³/mol. The lowest BCUT2D eigenvalue weighted by Gasteiger charge is -2.12. The van der Waals surface area contributed by atoms with Crippen molar-refractivity contribution in [1.82, 2.24) is 9.97 Å². The maximum atomic E-state index is 5.84. The van der Waals surface area contributed by atoms with Gasteiger partial charge in [-0.2, -0.15) is 0 Å². The molecule has 1 atom stereocenters. The normalized spacial score (nSPS) is 13.2. The molecule has 0 radical (unpaired) electrons. The van der Waals surface area contributed by atoms with Gasteiger partial charge < -0.3 is 10.5 Å². The fourth-order valence-corrected chi connectivity index (χ4v) is 0.965. The minimum Gasteiger partial charge on any atom is -0.377 e. The van der Waals surface area contributed by atoms with E-state index < -0.39 is 0 Å². The summed E-state index contributed by atoms with van der Waals surface area (Å²) < 4.78 is 5.38. The zero-order valence-corrected chi connectivity index (χ0v) is 8.90. The van der Waals surface area contributed by atoms with Crippen LogP contribution in [-0.2, 0) is 4.74 Å². The molecule has 0 amide bonds. The minimum absolute atomic E-state index is 0.187. The lowest BCUT2D eigenvalue weighted by atomic mass is 10.3. The van der Waals surface area contributed by atoms with E-state index in [2.05, 4.69) is 9.97 Å². The van der Waals surface area contributed by atoms with Crippen LogP contribution in [0.3, 0.4) is 0 Å². The van der Waals surface area contributed by atoms with Crippen LogP contribution in [0.25, 0.3) is 0 Å². The third-order valence-electron chi connectivity index (χ3n) is 1.74. The highest BCUT2D eigenvalue weighted by molar-refractivity contribution is 5.04. The number of nitrogens with zero attached hydrogens (tertiary/aromatic N) is 2. The van der Waals surface area contributed by atoms with Crippen LogP contribution in [-0.4, -0.2) is 22.7 Å². The Morgan fingerprint density at radius 1 is 1.36 bits per heavy atom. The highest BCUT2D eigenvalue weighted by Crippen LogP contribution is 2.05. The van der Waals surface area contributed by atoms with Gasteiger partial charge in [0, 0.05) is 12.4 Å². The largest absolute Gasteiger partial charge is 0.377 e. The summed E-state index contributed by atoms with van der Waals surface area (Å²) in [7, 11) is 0. The van der Waals surface area contributed by atoms with Gasteiger partial charge in [-0.1, -0.05) is 0 Å². The second-order valence-corrected chi connectivity index (χ2v) is 3.61. The number of rotatable bonds is 4. The zero-order chi connectivity index (χ0) is 10.6. The standard InChI is InChI=1S/C10H17N3O/c1-7(2)14-6-9(11)10-12-4-8(3)5-13-10/h4-5,7,9H,6,11H2,1-3H3. The van der Waals surface area contributed by atoms with Crippen molar-refractivity contribution in [3.05, 3.63) is 23.8 Å². The third-order valence-corrected chi connectivity index (χ3v) is 1.74. The van der Waals surface area contributed by atoms with Crippen molar-refractivity contribution in [3.63, 3.8) is 0 Å². The van der Waals surface area contributed by atoms with Crippen LogP contribution < -0.4 is 5.73 Å². The Morgan fingerprint density at radius 2 is 1.93 bits per heavy atom. The smallest absolute Gasteiger partial charge is 0.147 e. The van der Waals surface area contributed by atoms with Crippen molar-refractivity contribution in [2.24, 2.45) is 5.73 Å². The Labute approximate surface area is 84.5 Å². The summed E-state index contributed by atoms with van der Waals surface area (Å²) in [5, 5.41) is 0. The van der Waals surface area contributed by atoms with E-state index in [0.29, 0.717) is 12.4 Å². The second kappa shape index (κ2) is 5.02. The van der Waals surface area contributed by atoms with E-state index in [1.807, 2.05) is 20.8 Å². The molecule has 1 heterocycles. The molecule has 1 rings (SSSR count). The van der Waals surface area contributed by atoms with Crippen LogP contribution in [0.4, 0.5) is 0 Å². The molecule has 0 aromatic carbocycles. The summed E-state index contributed by atoms with van der Waals surface area (Å²) in [5.74, 6) is 0.635. The molecule has 0 aliphatic carbocycles. The summed E-state index contributed by atoms with van der Waals surface area (Å²) >= 11 is 0. The summed E-state index contributed by atoms with van der Waals surface area (Å²) in [6.45, 7) is 6.35. The molecule has 1 aromatic rings. The molecule has 78 valence electrons. The number of hydrogen-bond acceptors (Lipinski definition) is 4. The van der Waals surface area contributed by atoms with Gasteiger partial charge in [0.15, 0.2) is 0 Å². The molecule has 0 fully saturated rings. The zero-order valence-electron chi connectivity index (χ0n) is 8.90. The van der Waals surface area contributed by atoms with E-state index in [9.17, 15) is 0 Å². The summed E-state index contributed by atoms with van der Waals surface area (Å²) in [4.78, 5) is 8.28. The number of aromatic nitrogens is 2. The Balaban J connectivity index is 2.52. The first-order valence-corrected chi connectivity index (χ1v) is 4.75. The van der Waals surface area contributed by atoms with Crippen molar-refractivity contribution in [2.45, 2.75) is 32.9 Å². The van der Waals surface area contributed by atoms with E-state index in [0.717, 1.165) is 5.56 Å². The second-order valence-electron chi connectivity index (χ2n) is 3.61. The van der Waals surface area contributed by atoms with E-state index in [1.165, 1.54) is 0 Å². The van der Waals surface area contributed by atoms with Gasteiger partial charge in [-0.05, 0) is 26.3 Å². The van der Waals surface area contributed by atoms with Crippen molar-refractivity contribution < 1.29 is 4.74 Å². The molecule has 1 unspecified atom stereocenters. The van der Waals surface area contributed by atoms with Gasteiger partial charge in [-0.3, -0.25) is 0 Å². The molecule has 4 heteroatoms. The van der Waals surface area contributed by atoms with Gasteiger partial charge in [-0.25, -0.2) is 9.97 Å². The highest BCUT2D eigenvalue weighted by atomic mass is 16.5. The average molecular weight is 195 g/mol. The van der Waals surface area contributed by atoms with Crippen LogP contribution in [0.5, 0.6) is 0 Å². The van der Waals surface area contributed by atoms with Crippen LogP contribution in [0.2, 0.25) is 0 Å². The van der Waals surface area contributed by atoms with E-state index >= 15 is 0 Å². The molecule has 0 aliphatic rings. The van der Waals surface area contributed by atoms with Gasteiger partial charge in [-0.15, -0.1) is 0 Å². The fourth-order valence-electron chi connectivity index (χ4n) is 0.965. The van der Waals surface area contributed by atoms with E-state index in [4.69, 9.17) is 10.5 Å². The SMILES string of the molecule is Cc1cnc(C(N)COC(C)C)nc1. The number of nitrogens with two attached hydrogens (primary N) is 1. The lowest BCUT2D eigenvalue weighted by molar-refractivity contribution is 0.0669. The molecule has 2 N–H and O–H groups in total. The molecule has 4 nitrogen and oxygen atoms in total. The topological polar surface area (TPSA) is 61.0 Å². The van der Waals surface area contributed by atoms with E-state index in [1.54, 1.807) is 12.4 Å². The first-order valence-electron chi connectivity index (χ1n) is 4.75. The van der Waals surface area contributed by atoms with Crippen molar-refractivity contribution in [3.8, 4) is 0 Å². The van der Waals surface area contributed by atoms with Gasteiger partial charge in [0.05, 0.1) is 18.8 Å². The molecular weight excluding hydrogens is 178 g/mol. The number of aryl methyl sites for hydroxylation is 1. The van der Waals surface area contributed by atoms with Gasteiger partial charge in [0.1, 0.15) is 5.82 Å². The fraction of sp³-hybridized carbons (Fsp3) is 0.600. The van der Waals surface area contributed by atoms with Gasteiger partial charge in [0.2, 0.25) is 0 Å². The minimum atomic E-state index is -0.238. The van der Waals surface area contributed by atoms with E-state index in [-0.39, 0.29) is 12.1 Å². The average Bonchev–Trinajstić information content (AvgIpc) is 2.15. The van der Waals surface area contributed by atoms with Crippen LogP contribution in [0, 0.1) is 6.92 Å². The monoisotopic (exact) mass is 195 g/mol. The van der Waals surface area contributed by atoms with Gasteiger partial charge in [0.25, 0.3) is 0 Å². The molecule has 0 bridgehead atoms. The Kier molecular flexibility index (Phi) is 3.98. The Bertz CT molecular complexity index is 271. The van der Waals surface area contributed by atoms with Crippen LogP contribution in [0.1, 0.15) is 31.3 Å². The van der Waals surface area contributed by atoms with Crippen LogP contribution >= 0.6 is 0 Å². The van der Waals surface area contributed by atoms with Crippen molar-refractivity contribution in [2.75, 3.05) is 6.61 Å². The number of hydrogen-bond donors (Lipinski definition) is 1. The van der Waals surface area contributed by atoms with Crippen molar-refractivity contribution >= 4 is 0 Å². The first-order chi connectivity index (χ1) is 6.59. The molecule has 0 saturated heterocycles. The Morgan fingerprint density at radius 3 is 2.43 bits per heavy atom. The van der Waals surface area contributed by atoms with Crippen LogP contribution in [0.15, 0.2) is 12.4 Å². The summed E-state index contributed by atoms with van der Waals surface area (Å²) in [5.41, 5.74) is 6.88. The number of ether oxygens (including phenoxy) is 1. The molecule has 1 aromatic heterocycles. The maximum Gasteiger partial charge on any atom is 0.147 e. The summed E-state index contributed by atoms with van der Waals surface area (Å²) in [6, 6.07) is -0.238. The lowest BCUT2D eigenvalue weighted by Crippen LogP contribution is -2.21. The van der Waals surface area contributed by atoms with Gasteiger partial charge >= 0.3 is 0 Å². The molecule has 0 aliphatic heterocycles. The van der Waals surface area contributed by atoms with Crippen molar-refractivity contribution in [1.29, 1.82) is 0 Å². The molecule has 14 heavy (non-hydrogen) atoms. The molecule has 0 saturated carbocycles.